The van der Waals surface area contributed by atoms with Gasteiger partial charge in [-0.3, -0.25) is 9.69 Å². The van der Waals surface area contributed by atoms with E-state index >= 15 is 0 Å². The van der Waals surface area contributed by atoms with E-state index in [4.69, 9.17) is 0 Å². The zero-order valence-corrected chi connectivity index (χ0v) is 13.2. The summed E-state index contributed by atoms with van der Waals surface area (Å²) in [5, 5.41) is 3.05. The second-order valence-electron chi connectivity index (χ2n) is 6.87. The molecule has 124 valence electrons. The van der Waals surface area contributed by atoms with Gasteiger partial charge in [0.05, 0.1) is 12.4 Å². The summed E-state index contributed by atoms with van der Waals surface area (Å²) in [6, 6.07) is 0. The molecule has 6 nitrogen and oxygen atoms in total. The van der Waals surface area contributed by atoms with Gasteiger partial charge in [0.2, 0.25) is 11.9 Å². The van der Waals surface area contributed by atoms with Crippen molar-refractivity contribution in [1.29, 1.82) is 0 Å². The smallest absolute Gasteiger partial charge is 0.240 e. The van der Waals surface area contributed by atoms with Crippen LogP contribution >= 0.6 is 0 Å². The molecule has 1 aromatic heterocycles. The third-order valence-electron chi connectivity index (χ3n) is 5.35. The van der Waals surface area contributed by atoms with E-state index in [0.29, 0.717) is 5.95 Å². The van der Waals surface area contributed by atoms with Crippen LogP contribution in [0.25, 0.3) is 0 Å². The highest BCUT2D eigenvalue weighted by atomic mass is 19.1. The van der Waals surface area contributed by atoms with Crippen LogP contribution in [0.2, 0.25) is 0 Å². The number of rotatable bonds is 3. The van der Waals surface area contributed by atoms with Gasteiger partial charge in [-0.05, 0) is 31.6 Å². The van der Waals surface area contributed by atoms with E-state index in [9.17, 15) is 9.18 Å². The Morgan fingerprint density at radius 2 is 1.91 bits per heavy atom. The van der Waals surface area contributed by atoms with Crippen molar-refractivity contribution in [3.8, 4) is 0 Å². The lowest BCUT2D eigenvalue weighted by Crippen LogP contribution is -2.68. The molecule has 0 unspecified atom stereocenters. The maximum atomic E-state index is 13.0. The van der Waals surface area contributed by atoms with Crippen molar-refractivity contribution in [3.05, 3.63) is 18.2 Å². The second-order valence-corrected chi connectivity index (χ2v) is 6.87. The van der Waals surface area contributed by atoms with Crippen LogP contribution in [0.5, 0.6) is 0 Å². The average Bonchev–Trinajstić information content (AvgIpc) is 3.38. The first kappa shape index (κ1) is 14.8. The highest BCUT2D eigenvalue weighted by Crippen LogP contribution is 2.37. The maximum absolute atomic E-state index is 13.0. The lowest BCUT2D eigenvalue weighted by atomic mass is 9.83. The van der Waals surface area contributed by atoms with Crippen molar-refractivity contribution < 1.29 is 9.18 Å². The molecule has 1 amide bonds. The van der Waals surface area contributed by atoms with E-state index in [1.165, 1.54) is 25.2 Å². The van der Waals surface area contributed by atoms with Crippen LogP contribution in [0.4, 0.5) is 10.3 Å². The Hall–Kier alpha value is -1.76. The van der Waals surface area contributed by atoms with Gasteiger partial charge in [-0.2, -0.15) is 0 Å². The molecule has 0 bridgehead atoms. The number of nitrogens with one attached hydrogen (secondary N) is 1. The molecule has 1 saturated carbocycles. The van der Waals surface area contributed by atoms with Crippen LogP contribution < -0.4 is 10.2 Å². The first-order chi connectivity index (χ1) is 11.2. The molecule has 3 fully saturated rings. The third kappa shape index (κ3) is 2.78. The summed E-state index contributed by atoms with van der Waals surface area (Å²) >= 11 is 0. The highest BCUT2D eigenvalue weighted by molar-refractivity contribution is 5.87. The topological polar surface area (TPSA) is 61.4 Å². The van der Waals surface area contributed by atoms with Crippen molar-refractivity contribution >= 4 is 11.9 Å². The standard InChI is InChI=1S/C16H22FN5O/c17-13-9-19-15(20-10-13)21-6-3-16(4-7-21)14(23)18-5-8-22(16)11-12-1-2-12/h9-10,12H,1-8,11H2,(H,18,23). The van der Waals surface area contributed by atoms with Crippen molar-refractivity contribution in [3.63, 3.8) is 0 Å². The summed E-state index contributed by atoms with van der Waals surface area (Å²) in [7, 11) is 0. The van der Waals surface area contributed by atoms with Crippen molar-refractivity contribution in [2.24, 2.45) is 5.92 Å². The number of amides is 1. The second kappa shape index (κ2) is 5.70. The minimum absolute atomic E-state index is 0.170. The molecule has 1 aromatic rings. The fraction of sp³-hybridized carbons (Fsp3) is 0.688. The highest BCUT2D eigenvalue weighted by Gasteiger charge is 2.49. The molecule has 2 saturated heterocycles. The molecule has 0 radical (unpaired) electrons. The number of piperidine rings is 1. The maximum Gasteiger partial charge on any atom is 0.240 e. The van der Waals surface area contributed by atoms with Crippen LogP contribution in [0.15, 0.2) is 12.4 Å². The number of aromatic nitrogens is 2. The van der Waals surface area contributed by atoms with Crippen LogP contribution in [0.1, 0.15) is 25.7 Å². The van der Waals surface area contributed by atoms with Crippen molar-refractivity contribution in [2.75, 3.05) is 37.6 Å². The lowest BCUT2D eigenvalue weighted by molar-refractivity contribution is -0.139. The van der Waals surface area contributed by atoms with Gasteiger partial charge >= 0.3 is 0 Å². The zero-order chi connectivity index (χ0) is 15.9. The lowest BCUT2D eigenvalue weighted by Gasteiger charge is -2.50. The fourth-order valence-corrected chi connectivity index (χ4v) is 3.79. The summed E-state index contributed by atoms with van der Waals surface area (Å²) in [5.41, 5.74) is -0.378. The van der Waals surface area contributed by atoms with Crippen LogP contribution in [0.3, 0.4) is 0 Å². The molecular weight excluding hydrogens is 297 g/mol. The van der Waals surface area contributed by atoms with E-state index < -0.39 is 5.82 Å². The van der Waals surface area contributed by atoms with Crippen LogP contribution in [-0.2, 0) is 4.79 Å². The summed E-state index contributed by atoms with van der Waals surface area (Å²) in [6.45, 7) is 4.17. The first-order valence-corrected chi connectivity index (χ1v) is 8.43. The molecule has 4 rings (SSSR count). The van der Waals surface area contributed by atoms with E-state index in [1.54, 1.807) is 0 Å². The molecule has 7 heteroatoms. The molecule has 0 aromatic carbocycles. The van der Waals surface area contributed by atoms with Gasteiger partial charge in [-0.15, -0.1) is 0 Å². The monoisotopic (exact) mass is 319 g/mol. The number of piperazine rings is 1. The molecule has 1 spiro atoms. The number of hydrogen-bond donors (Lipinski definition) is 1. The predicted molar refractivity (Wildman–Crippen MR) is 83.5 cm³/mol. The quantitative estimate of drug-likeness (QED) is 0.893. The molecule has 1 N–H and O–H groups in total. The number of anilines is 1. The van der Waals surface area contributed by atoms with Gasteiger partial charge in [0.1, 0.15) is 5.54 Å². The Bertz CT molecular complexity index is 581. The predicted octanol–water partition coefficient (Wildman–Crippen LogP) is 0.796. The van der Waals surface area contributed by atoms with Crippen molar-refractivity contribution in [2.45, 2.75) is 31.2 Å². The number of nitrogens with zero attached hydrogens (tertiary/aromatic N) is 4. The Balaban J connectivity index is 1.48. The van der Waals surface area contributed by atoms with E-state index in [-0.39, 0.29) is 11.4 Å². The third-order valence-corrected chi connectivity index (χ3v) is 5.35. The molecule has 0 atom stereocenters. The van der Waals surface area contributed by atoms with Crippen LogP contribution in [-0.4, -0.2) is 59.0 Å². The molecular formula is C16H22FN5O. The Kier molecular flexibility index (Phi) is 3.67. The molecule has 2 aliphatic heterocycles. The fourth-order valence-electron chi connectivity index (χ4n) is 3.79. The SMILES string of the molecule is O=C1NCCN(CC2CC2)C12CCN(c1ncc(F)cn1)CC2. The summed E-state index contributed by atoms with van der Waals surface area (Å²) in [5.74, 6) is 1.07. The normalized spacial score (nSPS) is 24.7. The molecule has 1 aliphatic carbocycles. The van der Waals surface area contributed by atoms with E-state index in [1.807, 2.05) is 4.90 Å². The van der Waals surface area contributed by atoms with Gasteiger partial charge in [0.25, 0.3) is 0 Å². The number of hydrogen-bond acceptors (Lipinski definition) is 5. The number of halogens is 1. The van der Waals surface area contributed by atoms with Gasteiger partial charge < -0.3 is 10.2 Å². The molecule has 3 aliphatic rings. The average molecular weight is 319 g/mol. The molecule has 3 heterocycles. The Labute approximate surface area is 135 Å². The summed E-state index contributed by atoms with van der Waals surface area (Å²) in [6.07, 6.45) is 6.52. The minimum atomic E-state index is -0.426. The molecule has 23 heavy (non-hydrogen) atoms. The zero-order valence-electron chi connectivity index (χ0n) is 13.2. The van der Waals surface area contributed by atoms with Gasteiger partial charge in [0, 0.05) is 32.7 Å². The summed E-state index contributed by atoms with van der Waals surface area (Å²) in [4.78, 5) is 25.2. The van der Waals surface area contributed by atoms with Crippen molar-refractivity contribution in [1.82, 2.24) is 20.2 Å². The van der Waals surface area contributed by atoms with Gasteiger partial charge in [-0.25, -0.2) is 14.4 Å². The number of carbonyl (C=O) groups excluding carboxylic acids is 1. The Morgan fingerprint density at radius 1 is 1.22 bits per heavy atom. The van der Waals surface area contributed by atoms with E-state index in [0.717, 1.165) is 51.5 Å². The first-order valence-electron chi connectivity index (χ1n) is 8.43. The van der Waals surface area contributed by atoms with E-state index in [2.05, 4.69) is 20.2 Å². The summed E-state index contributed by atoms with van der Waals surface area (Å²) < 4.78 is 13.0. The number of carbonyl (C=O) groups is 1. The van der Waals surface area contributed by atoms with Crippen LogP contribution in [0, 0.1) is 11.7 Å². The minimum Gasteiger partial charge on any atom is -0.353 e. The Morgan fingerprint density at radius 3 is 2.57 bits per heavy atom. The largest absolute Gasteiger partial charge is 0.353 e. The van der Waals surface area contributed by atoms with Gasteiger partial charge in [-0.1, -0.05) is 0 Å². The van der Waals surface area contributed by atoms with Gasteiger partial charge in [0.15, 0.2) is 5.82 Å².